The topological polar surface area (TPSA) is 85.8 Å². The number of aryl methyl sites for hydroxylation is 1. The van der Waals surface area contributed by atoms with Crippen molar-refractivity contribution in [3.63, 3.8) is 0 Å². The van der Waals surface area contributed by atoms with E-state index in [1.54, 1.807) is 0 Å². The molecule has 0 atom stereocenters. The van der Waals surface area contributed by atoms with E-state index < -0.39 is 0 Å². The van der Waals surface area contributed by atoms with Crippen molar-refractivity contribution in [2.24, 2.45) is 5.92 Å². The van der Waals surface area contributed by atoms with E-state index in [2.05, 4.69) is 36.3 Å². The molecule has 0 bridgehead atoms. The second kappa shape index (κ2) is 7.25. The van der Waals surface area contributed by atoms with Crippen LogP contribution < -0.4 is 11.2 Å². The van der Waals surface area contributed by atoms with Gasteiger partial charge < -0.3 is 11.2 Å². The maximum atomic E-state index is 11.5. The molecule has 0 aliphatic carbocycles. The first-order valence-corrected chi connectivity index (χ1v) is 7.12. The first-order chi connectivity index (χ1) is 8.54. The Kier molecular flexibility index (Phi) is 5.97. The molecule has 0 saturated carbocycles. The summed E-state index contributed by atoms with van der Waals surface area (Å²) in [4.78, 5) is 11.5. The van der Waals surface area contributed by atoms with Crippen LogP contribution in [0.2, 0.25) is 0 Å². The number of hydrogen-bond donors (Lipinski definition) is 2. The molecule has 7 heteroatoms. The lowest BCUT2D eigenvalue weighted by molar-refractivity contribution is -0.118. The van der Waals surface area contributed by atoms with Crippen LogP contribution in [0.5, 0.6) is 0 Å². The van der Waals surface area contributed by atoms with Crippen LogP contribution in [0, 0.1) is 5.92 Å². The normalized spacial score (nSPS) is 10.9. The lowest BCUT2D eigenvalue weighted by atomic mass is 10.2. The lowest BCUT2D eigenvalue weighted by Crippen LogP contribution is -2.29. The highest BCUT2D eigenvalue weighted by Gasteiger charge is 2.11. The van der Waals surface area contributed by atoms with Crippen molar-refractivity contribution in [1.29, 1.82) is 0 Å². The van der Waals surface area contributed by atoms with Crippen LogP contribution in [0.4, 0.5) is 0 Å². The number of carbonyl (C=O) groups is 1. The smallest absolute Gasteiger partial charge is 0.230 e. The largest absolute Gasteiger partial charge is 0.355 e. The van der Waals surface area contributed by atoms with Gasteiger partial charge in [0, 0.05) is 13.0 Å². The first-order valence-electron chi connectivity index (χ1n) is 6.13. The van der Waals surface area contributed by atoms with Crippen LogP contribution in [-0.2, 0) is 11.2 Å². The highest BCUT2D eigenvalue weighted by atomic mass is 32.2. The quantitative estimate of drug-likeness (QED) is 0.566. The Morgan fingerprint density at radius 1 is 1.50 bits per heavy atom. The minimum absolute atomic E-state index is 0.00579. The van der Waals surface area contributed by atoms with Gasteiger partial charge in [-0.25, -0.2) is 4.68 Å². The zero-order valence-electron chi connectivity index (χ0n) is 11.1. The molecule has 0 aliphatic rings. The third-order valence-electron chi connectivity index (χ3n) is 2.25. The van der Waals surface area contributed by atoms with Gasteiger partial charge in [-0.3, -0.25) is 4.79 Å². The van der Waals surface area contributed by atoms with Crippen molar-refractivity contribution < 1.29 is 4.79 Å². The first kappa shape index (κ1) is 14.8. The summed E-state index contributed by atoms with van der Waals surface area (Å²) < 4.78 is 1.46. The van der Waals surface area contributed by atoms with Gasteiger partial charge in [-0.15, -0.1) is 10.2 Å². The Bertz CT molecular complexity index is 391. The zero-order valence-corrected chi connectivity index (χ0v) is 12.0. The molecule has 1 aromatic rings. The van der Waals surface area contributed by atoms with Gasteiger partial charge in [0.1, 0.15) is 0 Å². The maximum Gasteiger partial charge on any atom is 0.230 e. The second-order valence-electron chi connectivity index (χ2n) is 4.51. The van der Waals surface area contributed by atoms with E-state index in [-0.39, 0.29) is 5.91 Å². The average molecular weight is 271 g/mol. The molecule has 0 saturated heterocycles. The molecular formula is C11H21N5OS. The van der Waals surface area contributed by atoms with Crippen molar-refractivity contribution in [3.8, 4) is 0 Å². The van der Waals surface area contributed by atoms with E-state index in [0.29, 0.717) is 23.4 Å². The third kappa shape index (κ3) is 4.56. The molecule has 18 heavy (non-hydrogen) atoms. The highest BCUT2D eigenvalue weighted by Crippen LogP contribution is 2.14. The van der Waals surface area contributed by atoms with Gasteiger partial charge in [0.15, 0.2) is 5.82 Å². The van der Waals surface area contributed by atoms with Gasteiger partial charge in [-0.1, -0.05) is 32.5 Å². The Morgan fingerprint density at radius 2 is 2.22 bits per heavy atom. The Morgan fingerprint density at radius 3 is 2.83 bits per heavy atom. The number of nitrogens with one attached hydrogen (secondary N) is 1. The van der Waals surface area contributed by atoms with E-state index >= 15 is 0 Å². The SMILES string of the molecule is CCCc1nnc(SCC(=O)NCC(C)C)n1N. The van der Waals surface area contributed by atoms with Crippen molar-refractivity contribution in [1.82, 2.24) is 20.2 Å². The van der Waals surface area contributed by atoms with Crippen LogP contribution in [0.3, 0.4) is 0 Å². The molecular weight excluding hydrogens is 250 g/mol. The summed E-state index contributed by atoms with van der Waals surface area (Å²) in [6.07, 6.45) is 1.76. The molecule has 1 rings (SSSR count). The molecule has 0 aliphatic heterocycles. The van der Waals surface area contributed by atoms with Gasteiger partial charge in [-0.05, 0) is 12.3 Å². The van der Waals surface area contributed by atoms with Gasteiger partial charge in [0.05, 0.1) is 5.75 Å². The average Bonchev–Trinajstić information content (AvgIpc) is 2.66. The van der Waals surface area contributed by atoms with Crippen LogP contribution >= 0.6 is 11.8 Å². The number of hydrogen-bond acceptors (Lipinski definition) is 5. The molecule has 0 radical (unpaired) electrons. The molecule has 0 aromatic carbocycles. The molecule has 1 heterocycles. The van der Waals surface area contributed by atoms with Gasteiger partial charge in [0.25, 0.3) is 0 Å². The van der Waals surface area contributed by atoms with Gasteiger partial charge in [-0.2, -0.15) is 0 Å². The zero-order chi connectivity index (χ0) is 13.5. The number of nitrogens with zero attached hydrogens (tertiary/aromatic N) is 3. The Balaban J connectivity index is 2.41. The Hall–Kier alpha value is -1.24. The van der Waals surface area contributed by atoms with Crippen LogP contribution in [-0.4, -0.2) is 33.1 Å². The molecule has 102 valence electrons. The van der Waals surface area contributed by atoms with Crippen LogP contribution in [0.25, 0.3) is 0 Å². The van der Waals surface area contributed by atoms with Crippen molar-refractivity contribution in [2.45, 2.75) is 38.8 Å². The number of rotatable bonds is 7. The summed E-state index contributed by atoms with van der Waals surface area (Å²) in [6.45, 7) is 6.86. The molecule has 1 amide bonds. The van der Waals surface area contributed by atoms with Crippen LogP contribution in [0.1, 0.15) is 33.0 Å². The fourth-order valence-electron chi connectivity index (χ4n) is 1.30. The predicted molar refractivity (Wildman–Crippen MR) is 72.7 cm³/mol. The van der Waals surface area contributed by atoms with Gasteiger partial charge in [0.2, 0.25) is 11.1 Å². The number of nitrogen functional groups attached to an aromatic ring is 1. The standard InChI is InChI=1S/C11H21N5OS/c1-4-5-9-14-15-11(16(9)12)18-7-10(17)13-6-8(2)3/h8H,4-7,12H2,1-3H3,(H,13,17). The second-order valence-corrected chi connectivity index (χ2v) is 5.45. The van der Waals surface area contributed by atoms with E-state index in [1.165, 1.54) is 16.4 Å². The van der Waals surface area contributed by atoms with E-state index in [4.69, 9.17) is 5.84 Å². The number of thioether (sulfide) groups is 1. The van der Waals surface area contributed by atoms with Crippen molar-refractivity contribution >= 4 is 17.7 Å². The fourth-order valence-corrected chi connectivity index (χ4v) is 2.00. The van der Waals surface area contributed by atoms with Crippen molar-refractivity contribution in [2.75, 3.05) is 18.1 Å². The monoisotopic (exact) mass is 271 g/mol. The molecule has 0 fully saturated rings. The summed E-state index contributed by atoms with van der Waals surface area (Å²) in [7, 11) is 0. The summed E-state index contributed by atoms with van der Waals surface area (Å²) in [6, 6.07) is 0. The molecule has 0 spiro atoms. The lowest BCUT2D eigenvalue weighted by Gasteiger charge is -2.07. The van der Waals surface area contributed by atoms with E-state index in [1.807, 2.05) is 0 Å². The highest BCUT2D eigenvalue weighted by molar-refractivity contribution is 7.99. The third-order valence-corrected chi connectivity index (χ3v) is 3.19. The number of nitrogens with two attached hydrogens (primary N) is 1. The Labute approximate surface area is 112 Å². The summed E-state index contributed by atoms with van der Waals surface area (Å²) in [5.74, 6) is 7.35. The minimum atomic E-state index is -0.00579. The molecule has 0 unspecified atom stereocenters. The number of carbonyl (C=O) groups excluding carboxylic acids is 1. The minimum Gasteiger partial charge on any atom is -0.355 e. The molecule has 3 N–H and O–H groups in total. The molecule has 6 nitrogen and oxygen atoms in total. The fraction of sp³-hybridized carbons (Fsp3) is 0.727. The van der Waals surface area contributed by atoms with E-state index in [9.17, 15) is 4.79 Å². The summed E-state index contributed by atoms with van der Waals surface area (Å²) >= 11 is 1.31. The van der Waals surface area contributed by atoms with E-state index in [0.717, 1.165) is 18.7 Å². The summed E-state index contributed by atoms with van der Waals surface area (Å²) in [5.41, 5.74) is 0. The summed E-state index contributed by atoms with van der Waals surface area (Å²) in [5, 5.41) is 11.4. The molecule has 1 aromatic heterocycles. The van der Waals surface area contributed by atoms with Crippen LogP contribution in [0.15, 0.2) is 5.16 Å². The number of aromatic nitrogens is 3. The number of amides is 1. The maximum absolute atomic E-state index is 11.5. The van der Waals surface area contributed by atoms with Gasteiger partial charge >= 0.3 is 0 Å². The van der Waals surface area contributed by atoms with Crippen molar-refractivity contribution in [3.05, 3.63) is 5.82 Å². The predicted octanol–water partition coefficient (Wildman–Crippen LogP) is 0.809.